The Kier molecular flexibility index (Phi) is 10.4. The van der Waals surface area contributed by atoms with Gasteiger partial charge in [0, 0.05) is 42.9 Å². The molecule has 3 aromatic heterocycles. The molecule has 236 valence electrons. The number of ether oxygens (including phenoxy) is 2. The quantitative estimate of drug-likeness (QED) is 0.102. The van der Waals surface area contributed by atoms with E-state index < -0.39 is 36.3 Å². The average molecular weight is 625 g/mol. The van der Waals surface area contributed by atoms with E-state index in [-0.39, 0.29) is 53.8 Å². The summed E-state index contributed by atoms with van der Waals surface area (Å²) in [6.07, 6.45) is -2.21. The van der Waals surface area contributed by atoms with E-state index in [1.807, 2.05) is 0 Å². The van der Waals surface area contributed by atoms with Gasteiger partial charge in [0.05, 0.1) is 29.7 Å². The highest BCUT2D eigenvalue weighted by molar-refractivity contribution is 5.97. The van der Waals surface area contributed by atoms with Crippen molar-refractivity contribution in [1.29, 1.82) is 0 Å². The van der Waals surface area contributed by atoms with E-state index in [1.165, 1.54) is 28.9 Å². The molecule has 0 aliphatic carbocycles. The molecule has 0 fully saturated rings. The summed E-state index contributed by atoms with van der Waals surface area (Å²) in [7, 11) is 0. The fourth-order valence-corrected chi connectivity index (χ4v) is 4.48. The molecule has 1 aromatic carbocycles. The van der Waals surface area contributed by atoms with Crippen LogP contribution in [0.15, 0.2) is 36.9 Å². The first-order chi connectivity index (χ1) is 21.1. The molecule has 4 N–H and O–H groups in total. The molecule has 0 aliphatic heterocycles. The molecule has 4 rings (SSSR count). The maximum absolute atomic E-state index is 13.8. The molecule has 17 heteroatoms. The van der Waals surface area contributed by atoms with Crippen molar-refractivity contribution in [3.8, 4) is 17.0 Å². The van der Waals surface area contributed by atoms with Crippen molar-refractivity contribution in [1.82, 2.24) is 29.5 Å². The van der Waals surface area contributed by atoms with Crippen LogP contribution in [-0.2, 0) is 28.7 Å². The number of carbonyl (C=O) groups is 2. The molecule has 0 spiro atoms. The lowest BCUT2D eigenvalue weighted by Gasteiger charge is -2.17. The Labute approximate surface area is 247 Å². The van der Waals surface area contributed by atoms with Gasteiger partial charge in [-0.3, -0.25) is 18.7 Å². The number of carbonyl (C=O) groups excluding carboxylic acids is 2. The van der Waals surface area contributed by atoms with Crippen molar-refractivity contribution >= 4 is 29.5 Å². The highest BCUT2D eigenvalue weighted by atomic mass is 19.4. The van der Waals surface area contributed by atoms with Crippen molar-refractivity contribution in [3.63, 3.8) is 0 Å². The van der Waals surface area contributed by atoms with Crippen LogP contribution < -0.4 is 21.1 Å². The molecule has 0 unspecified atom stereocenters. The first-order valence-corrected chi connectivity index (χ1v) is 13.4. The molecule has 0 saturated carbocycles. The van der Waals surface area contributed by atoms with Crippen LogP contribution in [0.1, 0.15) is 35.0 Å². The Bertz CT molecular complexity index is 1610. The second-order valence-corrected chi connectivity index (χ2v) is 9.29. The van der Waals surface area contributed by atoms with Gasteiger partial charge in [0.1, 0.15) is 6.54 Å². The number of halogens is 5. The molecular formula is C27H29F5N8O4. The van der Waals surface area contributed by atoms with E-state index in [2.05, 4.69) is 25.7 Å². The smallest absolute Gasteiger partial charge is 0.426 e. The molecule has 0 bridgehead atoms. The molecule has 3 heterocycles. The highest BCUT2D eigenvalue weighted by Gasteiger charge is 2.38. The number of fused-ring (bicyclic) bond motifs is 1. The summed E-state index contributed by atoms with van der Waals surface area (Å²) >= 11 is 0. The molecule has 0 radical (unpaired) electrons. The number of hydrogen-bond donors (Lipinski definition) is 3. The van der Waals surface area contributed by atoms with E-state index in [1.54, 1.807) is 6.92 Å². The highest BCUT2D eigenvalue weighted by Crippen LogP contribution is 2.38. The van der Waals surface area contributed by atoms with Crippen molar-refractivity contribution in [2.45, 2.75) is 38.9 Å². The monoisotopic (exact) mass is 624 g/mol. The fraction of sp³-hybridized carbons (Fsp3) is 0.370. The van der Waals surface area contributed by atoms with Gasteiger partial charge in [-0.25, -0.2) is 18.7 Å². The van der Waals surface area contributed by atoms with Gasteiger partial charge in [0.2, 0.25) is 0 Å². The molecule has 0 aliphatic rings. The number of nitrogens with zero attached hydrogens (tertiary/aromatic N) is 5. The van der Waals surface area contributed by atoms with Crippen LogP contribution in [0.3, 0.4) is 0 Å². The second-order valence-electron chi connectivity index (χ2n) is 9.29. The predicted molar refractivity (Wildman–Crippen MR) is 148 cm³/mol. The van der Waals surface area contributed by atoms with E-state index in [0.29, 0.717) is 36.2 Å². The van der Waals surface area contributed by atoms with E-state index in [9.17, 15) is 31.5 Å². The topological polar surface area (TPSA) is 151 Å². The normalized spacial score (nSPS) is 11.7. The third-order valence-electron chi connectivity index (χ3n) is 6.36. The summed E-state index contributed by atoms with van der Waals surface area (Å²) < 4.78 is 79.5. The van der Waals surface area contributed by atoms with E-state index >= 15 is 0 Å². The van der Waals surface area contributed by atoms with Crippen LogP contribution in [0, 0.1) is 0 Å². The lowest BCUT2D eigenvalue weighted by molar-refractivity contribution is -0.141. The van der Waals surface area contributed by atoms with Gasteiger partial charge < -0.3 is 25.8 Å². The Balaban J connectivity index is 1.66. The molecule has 12 nitrogen and oxygen atoms in total. The zero-order valence-corrected chi connectivity index (χ0v) is 23.4. The van der Waals surface area contributed by atoms with Gasteiger partial charge in [-0.15, -0.1) is 0 Å². The lowest BCUT2D eigenvalue weighted by atomic mass is 10.0. The van der Waals surface area contributed by atoms with Crippen LogP contribution >= 0.6 is 0 Å². The number of imidazole rings is 1. The number of nitrogens with one attached hydrogen (secondary N) is 2. The zero-order valence-electron chi connectivity index (χ0n) is 23.4. The molecule has 0 saturated heterocycles. The van der Waals surface area contributed by atoms with Gasteiger partial charge in [-0.2, -0.15) is 18.3 Å². The summed E-state index contributed by atoms with van der Waals surface area (Å²) in [4.78, 5) is 32.8. The summed E-state index contributed by atoms with van der Waals surface area (Å²) in [6, 6.07) is 3.00. The number of amides is 1. The van der Waals surface area contributed by atoms with Crippen LogP contribution in [-0.4, -0.2) is 69.3 Å². The largest absolute Gasteiger partial charge is 0.435 e. The van der Waals surface area contributed by atoms with Gasteiger partial charge in [-0.05, 0) is 31.5 Å². The van der Waals surface area contributed by atoms with Crippen molar-refractivity contribution < 1.29 is 41.0 Å². The SMILES string of the molecule is CCc1c(C(=O)NCCOCCCN)ccc(Nc2nccn3c(-c4cn(CC(F)F)nc4C(F)(F)F)cnc23)c1OC=O. The molecule has 0 atom stereocenters. The number of hydrogen-bond acceptors (Lipinski definition) is 9. The minimum atomic E-state index is -4.93. The predicted octanol–water partition coefficient (Wildman–Crippen LogP) is 3.81. The Hall–Kier alpha value is -4.64. The first-order valence-electron chi connectivity index (χ1n) is 13.4. The number of alkyl halides is 5. The van der Waals surface area contributed by atoms with Gasteiger partial charge in [-0.1, -0.05) is 6.92 Å². The fourth-order valence-electron chi connectivity index (χ4n) is 4.48. The van der Waals surface area contributed by atoms with Crippen LogP contribution in [0.4, 0.5) is 33.5 Å². The van der Waals surface area contributed by atoms with Crippen molar-refractivity contribution in [2.75, 3.05) is 31.6 Å². The van der Waals surface area contributed by atoms with Gasteiger partial charge in [0.25, 0.3) is 18.8 Å². The standard InChI is InChI=1S/C27H29F5N8O4/c1-2-16-17(26(42)35-8-11-43-10-3-6-33)4-5-19(22(16)44-15-41)37-24-25-36-12-20(40(25)9-7-34-24)18-13-39(14-21(28)29)38-23(18)27(30,31)32/h4-5,7,9,12-13,15,21H,2-3,6,8,10-11,14,33H2,1H3,(H,34,37)(H,35,42). The minimum absolute atomic E-state index is 0.0394. The summed E-state index contributed by atoms with van der Waals surface area (Å²) in [5.41, 5.74) is 4.50. The lowest BCUT2D eigenvalue weighted by Crippen LogP contribution is -2.28. The first kappa shape index (κ1) is 32.3. The maximum Gasteiger partial charge on any atom is 0.435 e. The summed E-state index contributed by atoms with van der Waals surface area (Å²) in [5.74, 6) is -0.313. The Morgan fingerprint density at radius 1 is 1.20 bits per heavy atom. The van der Waals surface area contributed by atoms with Gasteiger partial charge >= 0.3 is 6.18 Å². The minimum Gasteiger partial charge on any atom is -0.426 e. The van der Waals surface area contributed by atoms with Crippen LogP contribution in [0.25, 0.3) is 16.9 Å². The van der Waals surface area contributed by atoms with E-state index in [4.69, 9.17) is 15.2 Å². The second kappa shape index (κ2) is 14.2. The van der Waals surface area contributed by atoms with Crippen LogP contribution in [0.2, 0.25) is 0 Å². The summed E-state index contributed by atoms with van der Waals surface area (Å²) in [6.45, 7) is 2.41. The van der Waals surface area contributed by atoms with Crippen LogP contribution in [0.5, 0.6) is 5.75 Å². The molecule has 44 heavy (non-hydrogen) atoms. The number of nitrogens with two attached hydrogens (primary N) is 1. The third kappa shape index (κ3) is 7.28. The molecule has 4 aromatic rings. The average Bonchev–Trinajstić information content (AvgIpc) is 3.60. The Morgan fingerprint density at radius 2 is 2.00 bits per heavy atom. The maximum atomic E-state index is 13.8. The number of rotatable bonds is 15. The molecule has 1 amide bonds. The summed E-state index contributed by atoms with van der Waals surface area (Å²) in [5, 5.41) is 9.05. The van der Waals surface area contributed by atoms with Crippen molar-refractivity contribution in [2.24, 2.45) is 5.73 Å². The number of aromatic nitrogens is 5. The number of benzene rings is 1. The van der Waals surface area contributed by atoms with Crippen molar-refractivity contribution in [3.05, 3.63) is 53.7 Å². The zero-order chi connectivity index (χ0) is 31.9. The van der Waals surface area contributed by atoms with E-state index in [0.717, 1.165) is 12.4 Å². The Morgan fingerprint density at radius 3 is 2.68 bits per heavy atom. The third-order valence-corrected chi connectivity index (χ3v) is 6.36. The number of anilines is 2. The molecular weight excluding hydrogens is 595 g/mol. The van der Waals surface area contributed by atoms with Gasteiger partial charge in [0.15, 0.2) is 22.9 Å².